The van der Waals surface area contributed by atoms with Crippen LogP contribution >= 0.6 is 23.1 Å². The van der Waals surface area contributed by atoms with Crippen LogP contribution in [0.3, 0.4) is 0 Å². The minimum absolute atomic E-state index is 0.0785. The summed E-state index contributed by atoms with van der Waals surface area (Å²) in [4.78, 5) is 2.74. The van der Waals surface area contributed by atoms with Crippen molar-refractivity contribution >= 4 is 23.1 Å². The van der Waals surface area contributed by atoms with Gasteiger partial charge in [0.15, 0.2) is 0 Å². The molecule has 2 fully saturated rings. The molecule has 116 valence electrons. The van der Waals surface area contributed by atoms with Crippen molar-refractivity contribution in [1.29, 1.82) is 0 Å². The van der Waals surface area contributed by atoms with E-state index < -0.39 is 0 Å². The molecule has 0 aromatic carbocycles. The smallest absolute Gasteiger partial charge is 0.0912 e. The molecule has 4 heteroatoms. The molecule has 3 heterocycles. The number of thiophene rings is 1. The fourth-order valence-electron chi connectivity index (χ4n) is 4.16. The molecule has 21 heavy (non-hydrogen) atoms. The molecule has 0 radical (unpaired) electrons. The van der Waals surface area contributed by atoms with Crippen LogP contribution in [0, 0.1) is 5.92 Å². The van der Waals surface area contributed by atoms with E-state index in [1.54, 1.807) is 0 Å². The van der Waals surface area contributed by atoms with E-state index in [1.807, 2.05) is 23.1 Å². The van der Waals surface area contributed by atoms with E-state index >= 15 is 0 Å². The van der Waals surface area contributed by atoms with Crippen LogP contribution in [-0.4, -0.2) is 28.8 Å². The van der Waals surface area contributed by atoms with Gasteiger partial charge in [-0.15, -0.1) is 11.3 Å². The molecular formula is C17H24O2S2. The third-order valence-electron chi connectivity index (χ3n) is 5.44. The van der Waals surface area contributed by atoms with E-state index in [9.17, 15) is 5.11 Å². The summed E-state index contributed by atoms with van der Waals surface area (Å²) < 4.78 is 6.16. The number of hydrogen-bond donors (Lipinski definition) is 1. The van der Waals surface area contributed by atoms with E-state index in [4.69, 9.17) is 4.74 Å². The molecule has 2 atom stereocenters. The molecule has 2 saturated heterocycles. The van der Waals surface area contributed by atoms with Crippen molar-refractivity contribution in [3.05, 3.63) is 21.4 Å². The minimum atomic E-state index is -0.268. The predicted molar refractivity (Wildman–Crippen MR) is 89.3 cm³/mol. The average molecular weight is 325 g/mol. The first-order valence-electron chi connectivity index (χ1n) is 8.27. The maximum absolute atomic E-state index is 10.9. The van der Waals surface area contributed by atoms with Gasteiger partial charge >= 0.3 is 0 Å². The largest absolute Gasteiger partial charge is 0.387 e. The highest BCUT2D eigenvalue weighted by Crippen LogP contribution is 2.45. The number of rotatable bonds is 2. The number of fused-ring (bicyclic) bond motifs is 1. The van der Waals surface area contributed by atoms with Gasteiger partial charge in [0.2, 0.25) is 0 Å². The zero-order chi connectivity index (χ0) is 14.3. The molecule has 1 spiro atoms. The summed E-state index contributed by atoms with van der Waals surface area (Å²) in [6, 6.07) is 2.29. The molecule has 2 nitrogen and oxygen atoms in total. The molecule has 1 aromatic rings. The lowest BCUT2D eigenvalue weighted by molar-refractivity contribution is -0.120. The van der Waals surface area contributed by atoms with Crippen molar-refractivity contribution in [2.75, 3.05) is 18.1 Å². The molecule has 0 amide bonds. The molecule has 2 aliphatic heterocycles. The predicted octanol–water partition coefficient (Wildman–Crippen LogP) is 3.96. The standard InChI is InChI=1S/C17H24O2S2/c18-16(15-10-12-2-1-3-14(12)21-15)13-4-7-19-17(11-13)5-8-20-9-6-17/h10,13,16,18H,1-9,11H2. The van der Waals surface area contributed by atoms with Gasteiger partial charge < -0.3 is 9.84 Å². The Hall–Kier alpha value is -0.0300. The lowest BCUT2D eigenvalue weighted by Gasteiger charge is -2.44. The molecule has 2 unspecified atom stereocenters. The minimum Gasteiger partial charge on any atom is -0.387 e. The third kappa shape index (κ3) is 2.80. The van der Waals surface area contributed by atoms with Gasteiger partial charge in [0.05, 0.1) is 11.7 Å². The van der Waals surface area contributed by atoms with Crippen molar-refractivity contribution < 1.29 is 9.84 Å². The number of aliphatic hydroxyl groups is 1. The highest BCUT2D eigenvalue weighted by molar-refractivity contribution is 7.99. The Morgan fingerprint density at radius 1 is 1.29 bits per heavy atom. The summed E-state index contributed by atoms with van der Waals surface area (Å²) >= 11 is 3.91. The summed E-state index contributed by atoms with van der Waals surface area (Å²) in [6.07, 6.45) is 7.88. The molecular weight excluding hydrogens is 300 g/mol. The van der Waals surface area contributed by atoms with E-state index in [-0.39, 0.29) is 11.7 Å². The van der Waals surface area contributed by atoms with Crippen LogP contribution in [0.2, 0.25) is 0 Å². The molecule has 0 bridgehead atoms. The molecule has 3 aliphatic rings. The second-order valence-electron chi connectivity index (χ2n) is 6.79. The Morgan fingerprint density at radius 3 is 2.95 bits per heavy atom. The molecule has 4 rings (SSSR count). The Labute approximate surface area is 135 Å². The van der Waals surface area contributed by atoms with Crippen LogP contribution in [0.1, 0.15) is 53.5 Å². The van der Waals surface area contributed by atoms with Crippen LogP contribution in [0.4, 0.5) is 0 Å². The van der Waals surface area contributed by atoms with Gasteiger partial charge in [-0.05, 0) is 74.0 Å². The summed E-state index contributed by atoms with van der Waals surface area (Å²) in [5, 5.41) is 10.9. The second-order valence-corrected chi connectivity index (χ2v) is 9.19. The van der Waals surface area contributed by atoms with Crippen LogP contribution in [0.5, 0.6) is 0 Å². The molecule has 1 N–H and O–H groups in total. The summed E-state index contributed by atoms with van der Waals surface area (Å²) in [5.41, 5.74) is 1.58. The van der Waals surface area contributed by atoms with E-state index in [1.165, 1.54) is 58.9 Å². The van der Waals surface area contributed by atoms with Gasteiger partial charge in [0, 0.05) is 16.4 Å². The summed E-state index contributed by atoms with van der Waals surface area (Å²) in [6.45, 7) is 0.831. The van der Waals surface area contributed by atoms with Crippen LogP contribution in [0.25, 0.3) is 0 Å². The zero-order valence-electron chi connectivity index (χ0n) is 12.5. The van der Waals surface area contributed by atoms with Crippen LogP contribution < -0.4 is 0 Å². The van der Waals surface area contributed by atoms with Gasteiger partial charge in [0.1, 0.15) is 0 Å². The SMILES string of the molecule is OC(c1cc2c(s1)CCC2)C1CCOC2(CCSCC2)C1. The molecule has 1 aromatic heterocycles. The number of aliphatic hydroxyl groups excluding tert-OH is 1. The highest BCUT2D eigenvalue weighted by atomic mass is 32.2. The van der Waals surface area contributed by atoms with Gasteiger partial charge in [-0.25, -0.2) is 0 Å². The number of thioether (sulfide) groups is 1. The van der Waals surface area contributed by atoms with Crippen molar-refractivity contribution in [1.82, 2.24) is 0 Å². The Morgan fingerprint density at radius 2 is 2.14 bits per heavy atom. The van der Waals surface area contributed by atoms with Gasteiger partial charge in [-0.3, -0.25) is 0 Å². The van der Waals surface area contributed by atoms with Crippen molar-refractivity contribution in [3.63, 3.8) is 0 Å². The highest BCUT2D eigenvalue weighted by Gasteiger charge is 2.41. The number of ether oxygens (including phenoxy) is 1. The van der Waals surface area contributed by atoms with Crippen molar-refractivity contribution in [3.8, 4) is 0 Å². The van der Waals surface area contributed by atoms with E-state index in [2.05, 4.69) is 6.07 Å². The average Bonchev–Trinajstić information content (AvgIpc) is 3.08. The Kier molecular flexibility index (Phi) is 4.07. The van der Waals surface area contributed by atoms with E-state index in [0.29, 0.717) is 5.92 Å². The van der Waals surface area contributed by atoms with E-state index in [0.717, 1.165) is 19.4 Å². The fraction of sp³-hybridized carbons (Fsp3) is 0.765. The summed E-state index contributed by atoms with van der Waals surface area (Å²) in [5.74, 6) is 2.83. The molecule has 0 saturated carbocycles. The van der Waals surface area contributed by atoms with Crippen LogP contribution in [0.15, 0.2) is 6.07 Å². The van der Waals surface area contributed by atoms with Gasteiger partial charge in [-0.1, -0.05) is 0 Å². The number of hydrogen-bond acceptors (Lipinski definition) is 4. The third-order valence-corrected chi connectivity index (χ3v) is 7.73. The Bertz CT molecular complexity index is 478. The lowest BCUT2D eigenvalue weighted by atomic mass is 9.79. The first kappa shape index (κ1) is 14.6. The summed E-state index contributed by atoms with van der Waals surface area (Å²) in [7, 11) is 0. The van der Waals surface area contributed by atoms with Crippen LogP contribution in [-0.2, 0) is 17.6 Å². The fourth-order valence-corrected chi connectivity index (χ4v) is 6.73. The maximum atomic E-state index is 10.9. The second kappa shape index (κ2) is 5.88. The van der Waals surface area contributed by atoms with Gasteiger partial charge in [-0.2, -0.15) is 11.8 Å². The quantitative estimate of drug-likeness (QED) is 0.893. The van der Waals surface area contributed by atoms with Gasteiger partial charge in [0.25, 0.3) is 0 Å². The molecule has 1 aliphatic carbocycles. The lowest BCUT2D eigenvalue weighted by Crippen LogP contribution is -2.44. The first-order chi connectivity index (χ1) is 10.3. The normalized spacial score (nSPS) is 29.5. The maximum Gasteiger partial charge on any atom is 0.0912 e. The monoisotopic (exact) mass is 324 g/mol. The van der Waals surface area contributed by atoms with Crippen molar-refractivity contribution in [2.45, 2.75) is 56.7 Å². The topological polar surface area (TPSA) is 29.5 Å². The zero-order valence-corrected chi connectivity index (χ0v) is 14.1. The Balaban J connectivity index is 1.49. The number of aryl methyl sites for hydroxylation is 2. The van der Waals surface area contributed by atoms with Crippen molar-refractivity contribution in [2.24, 2.45) is 5.92 Å². The first-order valence-corrected chi connectivity index (χ1v) is 10.2.